The van der Waals surface area contributed by atoms with Gasteiger partial charge in [0, 0.05) is 5.71 Å². The Morgan fingerprint density at radius 3 is 2.30 bits per heavy atom. The molecule has 1 fully saturated rings. The summed E-state index contributed by atoms with van der Waals surface area (Å²) < 4.78 is 27.7. The molecule has 1 N–H and O–H groups in total. The van der Waals surface area contributed by atoms with Crippen LogP contribution in [0.1, 0.15) is 44.1 Å². The van der Waals surface area contributed by atoms with E-state index >= 15 is 0 Å². The van der Waals surface area contributed by atoms with Crippen LogP contribution in [0.25, 0.3) is 0 Å². The first-order chi connectivity index (χ1) is 14.4. The molecule has 0 radical (unpaired) electrons. The second-order valence-electron chi connectivity index (χ2n) is 7.40. The summed E-state index contributed by atoms with van der Waals surface area (Å²) in [6, 6.07) is 13.1. The van der Waals surface area contributed by atoms with E-state index in [0.29, 0.717) is 0 Å². The molecule has 2 aromatic rings. The van der Waals surface area contributed by atoms with Crippen molar-refractivity contribution in [2.45, 2.75) is 50.3 Å². The quantitative estimate of drug-likeness (QED) is 0.516. The number of carbonyl (C=O) groups excluding carboxylic acids is 1. The van der Waals surface area contributed by atoms with Gasteiger partial charge >= 0.3 is 0 Å². The van der Waals surface area contributed by atoms with Crippen molar-refractivity contribution >= 4 is 38.9 Å². The van der Waals surface area contributed by atoms with Crippen LogP contribution in [-0.2, 0) is 14.8 Å². The van der Waals surface area contributed by atoms with Crippen molar-refractivity contribution in [2.75, 3.05) is 10.8 Å². The molecule has 0 atom stereocenters. The van der Waals surface area contributed by atoms with Gasteiger partial charge in [-0.3, -0.25) is 9.10 Å². The number of rotatable bonds is 6. The highest BCUT2D eigenvalue weighted by atomic mass is 35.5. The third kappa shape index (κ3) is 5.61. The van der Waals surface area contributed by atoms with E-state index in [1.54, 1.807) is 36.4 Å². The number of carbonyl (C=O) groups is 1. The van der Waals surface area contributed by atoms with Gasteiger partial charge in [-0.2, -0.15) is 5.10 Å². The zero-order valence-corrected chi connectivity index (χ0v) is 18.5. The zero-order valence-electron chi connectivity index (χ0n) is 17.0. The highest BCUT2D eigenvalue weighted by molar-refractivity contribution is 7.92. The van der Waals surface area contributed by atoms with Gasteiger partial charge in [0.2, 0.25) is 0 Å². The SMILES string of the molecule is Cc1ccc(S(=O)(=O)N(CC(=O)NN=C2CCCCCC2)c2ccccc2Cl)cc1. The second-order valence-corrected chi connectivity index (χ2v) is 9.67. The third-order valence-corrected chi connectivity index (χ3v) is 7.13. The molecule has 0 saturated heterocycles. The number of benzene rings is 2. The first-order valence-electron chi connectivity index (χ1n) is 10.1. The van der Waals surface area contributed by atoms with Gasteiger partial charge in [-0.1, -0.05) is 54.3 Å². The number of nitrogens with zero attached hydrogens (tertiary/aromatic N) is 2. The Labute approximate surface area is 183 Å². The summed E-state index contributed by atoms with van der Waals surface area (Å²) in [4.78, 5) is 12.7. The van der Waals surface area contributed by atoms with Crippen LogP contribution < -0.4 is 9.73 Å². The molecule has 0 heterocycles. The van der Waals surface area contributed by atoms with Crippen LogP contribution in [0.5, 0.6) is 0 Å². The van der Waals surface area contributed by atoms with E-state index in [-0.39, 0.29) is 15.6 Å². The van der Waals surface area contributed by atoms with Crippen molar-refractivity contribution in [3.63, 3.8) is 0 Å². The first-order valence-corrected chi connectivity index (χ1v) is 11.9. The van der Waals surface area contributed by atoms with E-state index in [1.807, 2.05) is 6.92 Å². The molecule has 1 saturated carbocycles. The fraction of sp³-hybridized carbons (Fsp3) is 0.364. The van der Waals surface area contributed by atoms with Crippen LogP contribution in [0.2, 0.25) is 5.02 Å². The molecule has 0 aromatic heterocycles. The Kier molecular flexibility index (Phi) is 7.50. The summed E-state index contributed by atoms with van der Waals surface area (Å²) in [7, 11) is -4.00. The number of sulfonamides is 1. The maximum atomic E-state index is 13.3. The molecular formula is C22H26ClN3O3S. The Hall–Kier alpha value is -2.38. The lowest BCUT2D eigenvalue weighted by Crippen LogP contribution is -2.40. The molecule has 6 nitrogen and oxygen atoms in total. The summed E-state index contributed by atoms with van der Waals surface area (Å²) in [5.74, 6) is -0.512. The van der Waals surface area contributed by atoms with Crippen molar-refractivity contribution < 1.29 is 13.2 Å². The van der Waals surface area contributed by atoms with E-state index < -0.39 is 22.5 Å². The molecule has 0 bridgehead atoms. The molecule has 8 heteroatoms. The number of amides is 1. The maximum Gasteiger partial charge on any atom is 0.264 e. The first kappa shape index (κ1) is 22.3. The highest BCUT2D eigenvalue weighted by Crippen LogP contribution is 2.30. The summed E-state index contributed by atoms with van der Waals surface area (Å²) in [5.41, 5.74) is 4.67. The van der Waals surface area contributed by atoms with Gasteiger partial charge in [-0.15, -0.1) is 0 Å². The highest BCUT2D eigenvalue weighted by Gasteiger charge is 2.28. The molecular weight excluding hydrogens is 422 g/mol. The van der Waals surface area contributed by atoms with Crippen LogP contribution in [-0.4, -0.2) is 26.6 Å². The minimum absolute atomic E-state index is 0.0934. The van der Waals surface area contributed by atoms with E-state index in [0.717, 1.165) is 41.3 Å². The molecule has 160 valence electrons. The molecule has 3 rings (SSSR count). The Bertz CT molecular complexity index is 1010. The lowest BCUT2D eigenvalue weighted by Gasteiger charge is -2.24. The molecule has 1 amide bonds. The average Bonchev–Trinajstić information content (AvgIpc) is 3.00. The summed E-state index contributed by atoms with van der Waals surface area (Å²) in [6.07, 6.45) is 6.17. The fourth-order valence-electron chi connectivity index (χ4n) is 3.35. The standard InChI is InChI=1S/C22H26ClN3O3S/c1-17-12-14-19(15-13-17)30(28,29)26(21-11-7-6-10-20(21)23)16-22(27)25-24-18-8-4-2-3-5-9-18/h6-7,10-15H,2-5,8-9,16H2,1H3,(H,25,27). The number of para-hydroxylation sites is 1. The molecule has 0 aliphatic heterocycles. The van der Waals surface area contributed by atoms with Crippen molar-refractivity contribution in [3.05, 3.63) is 59.1 Å². The van der Waals surface area contributed by atoms with Crippen LogP contribution in [0, 0.1) is 6.92 Å². The normalized spacial score (nSPS) is 14.7. The van der Waals surface area contributed by atoms with Gasteiger partial charge < -0.3 is 0 Å². The number of hydrazone groups is 1. The number of anilines is 1. The van der Waals surface area contributed by atoms with Gasteiger partial charge in [0.15, 0.2) is 0 Å². The Morgan fingerprint density at radius 1 is 1.03 bits per heavy atom. The monoisotopic (exact) mass is 447 g/mol. The van der Waals surface area contributed by atoms with Crippen molar-refractivity contribution in [2.24, 2.45) is 5.10 Å². The molecule has 0 spiro atoms. The minimum atomic E-state index is -4.00. The van der Waals surface area contributed by atoms with Crippen LogP contribution in [0.4, 0.5) is 5.69 Å². The minimum Gasteiger partial charge on any atom is -0.271 e. The largest absolute Gasteiger partial charge is 0.271 e. The van der Waals surface area contributed by atoms with Gasteiger partial charge in [-0.25, -0.2) is 13.8 Å². The number of nitrogens with one attached hydrogen (secondary N) is 1. The number of aryl methyl sites for hydroxylation is 1. The lowest BCUT2D eigenvalue weighted by atomic mass is 10.2. The van der Waals surface area contributed by atoms with Crippen molar-refractivity contribution in [3.8, 4) is 0 Å². The van der Waals surface area contributed by atoms with Gasteiger partial charge in [0.05, 0.1) is 15.6 Å². The van der Waals surface area contributed by atoms with Crippen molar-refractivity contribution in [1.29, 1.82) is 0 Å². The van der Waals surface area contributed by atoms with E-state index in [9.17, 15) is 13.2 Å². The average molecular weight is 448 g/mol. The number of halogens is 1. The summed E-state index contributed by atoms with van der Waals surface area (Å²) in [6.45, 7) is 1.46. The summed E-state index contributed by atoms with van der Waals surface area (Å²) >= 11 is 6.27. The summed E-state index contributed by atoms with van der Waals surface area (Å²) in [5, 5.41) is 4.49. The zero-order chi connectivity index (χ0) is 21.6. The van der Waals surface area contributed by atoms with Crippen LogP contribution >= 0.6 is 11.6 Å². The number of hydrogen-bond acceptors (Lipinski definition) is 4. The smallest absolute Gasteiger partial charge is 0.264 e. The predicted octanol–water partition coefficient (Wildman–Crippen LogP) is 4.67. The molecule has 0 unspecified atom stereocenters. The molecule has 1 aliphatic carbocycles. The second kappa shape index (κ2) is 10.1. The Balaban J connectivity index is 1.86. The van der Waals surface area contributed by atoms with E-state index in [4.69, 9.17) is 11.6 Å². The van der Waals surface area contributed by atoms with Gasteiger partial charge in [-0.05, 0) is 56.9 Å². The molecule has 1 aliphatic rings. The van der Waals surface area contributed by atoms with Crippen molar-refractivity contribution in [1.82, 2.24) is 5.43 Å². The fourth-order valence-corrected chi connectivity index (χ4v) is 5.07. The van der Waals surface area contributed by atoms with Crippen LogP contribution in [0.3, 0.4) is 0 Å². The van der Waals surface area contributed by atoms with E-state index in [1.165, 1.54) is 25.0 Å². The third-order valence-electron chi connectivity index (χ3n) is 5.04. The van der Waals surface area contributed by atoms with Crippen LogP contribution in [0.15, 0.2) is 58.5 Å². The molecule has 30 heavy (non-hydrogen) atoms. The lowest BCUT2D eigenvalue weighted by molar-refractivity contribution is -0.119. The van der Waals surface area contributed by atoms with E-state index in [2.05, 4.69) is 10.5 Å². The van der Waals surface area contributed by atoms with Gasteiger partial charge in [0.25, 0.3) is 15.9 Å². The Morgan fingerprint density at radius 2 is 1.67 bits per heavy atom. The van der Waals surface area contributed by atoms with Gasteiger partial charge in [0.1, 0.15) is 6.54 Å². The number of hydrogen-bond donors (Lipinski definition) is 1. The topological polar surface area (TPSA) is 78.8 Å². The molecule has 2 aromatic carbocycles. The predicted molar refractivity (Wildman–Crippen MR) is 120 cm³/mol. The maximum absolute atomic E-state index is 13.3.